The fourth-order valence-corrected chi connectivity index (χ4v) is 8.30. The van der Waals surface area contributed by atoms with Gasteiger partial charge in [-0.25, -0.2) is 4.79 Å². The summed E-state index contributed by atoms with van der Waals surface area (Å²) in [5.41, 5.74) is -1.16. The van der Waals surface area contributed by atoms with E-state index in [0.717, 1.165) is 36.8 Å². The lowest BCUT2D eigenvalue weighted by atomic mass is 9.46. The van der Waals surface area contributed by atoms with Crippen molar-refractivity contribution in [2.24, 2.45) is 17.3 Å². The zero-order valence-electron chi connectivity index (χ0n) is 24.5. The van der Waals surface area contributed by atoms with Crippen molar-refractivity contribution in [3.63, 3.8) is 0 Å². The molecule has 0 aromatic heterocycles. The molecule has 0 radical (unpaired) electrons. The number of hydrogen-bond donors (Lipinski definition) is 2. The minimum Gasteiger partial charge on any atom is -0.487 e. The number of carboxylic acids is 1. The van der Waals surface area contributed by atoms with E-state index in [-0.39, 0.29) is 17.9 Å². The number of hydrogen-bond acceptors (Lipinski definition) is 5. The molecule has 10 heteroatoms. The van der Waals surface area contributed by atoms with E-state index in [0.29, 0.717) is 55.3 Å². The smallest absolute Gasteiger partial charge is 0.416 e. The van der Waals surface area contributed by atoms with Crippen molar-refractivity contribution in [1.29, 1.82) is 0 Å². The monoisotopic (exact) mass is 611 g/mol. The second kappa shape index (κ2) is 11.7. The lowest BCUT2D eigenvalue weighted by Crippen LogP contribution is -2.65. The highest BCUT2D eigenvalue weighted by Crippen LogP contribution is 2.64. The van der Waals surface area contributed by atoms with Crippen LogP contribution in [0.3, 0.4) is 0 Å². The van der Waals surface area contributed by atoms with Gasteiger partial charge in [-0.3, -0.25) is 4.79 Å². The van der Waals surface area contributed by atoms with Crippen LogP contribution >= 0.6 is 0 Å². The zero-order valence-corrected chi connectivity index (χ0v) is 24.5. The topological polar surface area (TPSA) is 94.1 Å². The Hall–Kier alpha value is -3.63. The fraction of sp³-hybridized carbons (Fsp3) is 0.471. The first-order chi connectivity index (χ1) is 21.0. The van der Waals surface area contributed by atoms with Crippen LogP contribution in [0, 0.1) is 17.3 Å². The van der Waals surface area contributed by atoms with Gasteiger partial charge in [0.1, 0.15) is 18.4 Å². The predicted octanol–water partition coefficient (Wildman–Crippen LogP) is 6.62. The van der Waals surface area contributed by atoms with Gasteiger partial charge in [-0.2, -0.15) is 13.2 Å². The molecule has 2 N–H and O–H groups in total. The van der Waals surface area contributed by atoms with Gasteiger partial charge in [0.15, 0.2) is 0 Å². The number of amides is 1. The number of aliphatic carboxylic acids is 1. The molecular formula is C34H36F3NO6. The zero-order chi connectivity index (χ0) is 31.1. The number of ether oxygens (including phenoxy) is 3. The summed E-state index contributed by atoms with van der Waals surface area (Å²) in [6, 6.07) is 14.2. The van der Waals surface area contributed by atoms with Gasteiger partial charge < -0.3 is 24.6 Å². The lowest BCUT2D eigenvalue weighted by molar-refractivity contribution is -0.206. The molecule has 234 valence electrons. The molecule has 3 atom stereocenters. The van der Waals surface area contributed by atoms with Gasteiger partial charge in [-0.05, 0) is 79.5 Å². The number of fused-ring (bicyclic) bond motifs is 1. The Balaban J connectivity index is 1.27. The van der Waals surface area contributed by atoms with Crippen molar-refractivity contribution in [1.82, 2.24) is 5.32 Å². The summed E-state index contributed by atoms with van der Waals surface area (Å²) in [7, 11) is 1.62. The molecule has 4 aliphatic carbocycles. The Bertz CT molecular complexity index is 1520. The highest BCUT2D eigenvalue weighted by molar-refractivity contribution is 6.05. The number of rotatable bonds is 11. The maximum absolute atomic E-state index is 13.9. The summed E-state index contributed by atoms with van der Waals surface area (Å²) < 4.78 is 56.8. The van der Waals surface area contributed by atoms with Crippen molar-refractivity contribution in [2.75, 3.05) is 20.3 Å². The number of methoxy groups -OCH3 is 1. The van der Waals surface area contributed by atoms with Crippen LogP contribution in [0.2, 0.25) is 0 Å². The van der Waals surface area contributed by atoms with E-state index in [2.05, 4.69) is 5.32 Å². The Labute approximate surface area is 253 Å². The predicted molar refractivity (Wildman–Crippen MR) is 156 cm³/mol. The maximum atomic E-state index is 13.9. The minimum atomic E-state index is -4.45. The van der Waals surface area contributed by atoms with E-state index in [1.807, 2.05) is 12.1 Å². The minimum absolute atomic E-state index is 0.0799. The van der Waals surface area contributed by atoms with Gasteiger partial charge in [0.05, 0.1) is 29.9 Å². The number of carbonyl (C=O) groups excluding carboxylic acids is 1. The van der Waals surface area contributed by atoms with E-state index in [1.54, 1.807) is 31.4 Å². The summed E-state index contributed by atoms with van der Waals surface area (Å²) in [5, 5.41) is 14.8. The Morgan fingerprint density at radius 1 is 0.977 bits per heavy atom. The van der Waals surface area contributed by atoms with Crippen LogP contribution < -0.4 is 10.1 Å². The summed E-state index contributed by atoms with van der Waals surface area (Å²) in [6.07, 6.45) is 0.361. The number of nitrogens with one attached hydrogen (secondary N) is 1. The van der Waals surface area contributed by atoms with Crippen LogP contribution in [0.25, 0.3) is 10.8 Å². The third-order valence-electron chi connectivity index (χ3n) is 9.67. The molecule has 0 aliphatic heterocycles. The van der Waals surface area contributed by atoms with Crippen LogP contribution in [0.5, 0.6) is 5.75 Å². The maximum Gasteiger partial charge on any atom is 0.416 e. The first kappa shape index (κ1) is 30.4. The van der Waals surface area contributed by atoms with Gasteiger partial charge in [0, 0.05) is 17.9 Å². The molecule has 3 aromatic rings. The molecule has 3 unspecified atom stereocenters. The molecule has 3 aromatic carbocycles. The van der Waals surface area contributed by atoms with Gasteiger partial charge in [-0.1, -0.05) is 42.5 Å². The van der Waals surface area contributed by atoms with E-state index >= 15 is 0 Å². The Kier molecular flexibility index (Phi) is 8.09. The summed E-state index contributed by atoms with van der Waals surface area (Å²) in [4.78, 5) is 26.8. The molecule has 1 amide bonds. The summed E-state index contributed by atoms with van der Waals surface area (Å²) in [6.45, 7) is 0.816. The van der Waals surface area contributed by atoms with Crippen LogP contribution in [-0.4, -0.2) is 48.9 Å². The molecule has 4 bridgehead atoms. The molecule has 0 heterocycles. The second-order valence-electron chi connectivity index (χ2n) is 12.7. The molecule has 4 aliphatic rings. The average molecular weight is 612 g/mol. The molecular weight excluding hydrogens is 575 g/mol. The van der Waals surface area contributed by atoms with Gasteiger partial charge in [0.25, 0.3) is 5.91 Å². The van der Waals surface area contributed by atoms with Crippen LogP contribution in [-0.2, 0) is 27.1 Å². The first-order valence-corrected chi connectivity index (χ1v) is 15.0. The van der Waals surface area contributed by atoms with Gasteiger partial charge in [-0.15, -0.1) is 0 Å². The molecule has 4 saturated carbocycles. The number of halogens is 3. The number of carbonyl (C=O) groups is 2. The molecule has 7 rings (SSSR count). The first-order valence-electron chi connectivity index (χ1n) is 15.0. The van der Waals surface area contributed by atoms with E-state index < -0.39 is 40.7 Å². The number of carboxylic acid groups (broad SMARTS) is 1. The van der Waals surface area contributed by atoms with E-state index in [1.165, 1.54) is 12.1 Å². The highest BCUT2D eigenvalue weighted by atomic mass is 19.4. The molecule has 7 nitrogen and oxygen atoms in total. The molecule has 0 spiro atoms. The third-order valence-corrected chi connectivity index (χ3v) is 9.67. The fourth-order valence-electron chi connectivity index (χ4n) is 8.30. The van der Waals surface area contributed by atoms with Gasteiger partial charge in [0.2, 0.25) is 0 Å². The number of benzene rings is 3. The normalized spacial score (nSPS) is 26.5. The summed E-state index contributed by atoms with van der Waals surface area (Å²) in [5.74, 6) is -0.743. The SMILES string of the molecule is COCCOC12CC3CC(C1)CC(C(NC(=O)c1ccc4ccccc4c1OCc1ccc(C(F)(F)F)cc1)C(=O)O)(C3)C2. The van der Waals surface area contributed by atoms with E-state index in [9.17, 15) is 27.9 Å². The third kappa shape index (κ3) is 5.89. The molecule has 0 saturated heterocycles. The quantitative estimate of drug-likeness (QED) is 0.237. The Morgan fingerprint density at radius 2 is 1.68 bits per heavy atom. The largest absolute Gasteiger partial charge is 0.487 e. The van der Waals surface area contributed by atoms with Crippen molar-refractivity contribution < 1.29 is 42.1 Å². The van der Waals surface area contributed by atoms with Crippen LogP contribution in [0.1, 0.15) is 60.0 Å². The van der Waals surface area contributed by atoms with Crippen molar-refractivity contribution in [2.45, 2.75) is 63.0 Å². The lowest BCUT2D eigenvalue weighted by Gasteiger charge is -2.63. The number of alkyl halides is 3. The van der Waals surface area contributed by atoms with Crippen molar-refractivity contribution >= 4 is 22.6 Å². The van der Waals surface area contributed by atoms with Gasteiger partial charge >= 0.3 is 12.1 Å². The van der Waals surface area contributed by atoms with Crippen LogP contribution in [0.15, 0.2) is 60.7 Å². The van der Waals surface area contributed by atoms with Crippen LogP contribution in [0.4, 0.5) is 13.2 Å². The van der Waals surface area contributed by atoms with Crippen molar-refractivity contribution in [3.8, 4) is 5.75 Å². The molecule has 44 heavy (non-hydrogen) atoms. The average Bonchev–Trinajstić information content (AvgIpc) is 2.97. The summed E-state index contributed by atoms with van der Waals surface area (Å²) >= 11 is 0. The van der Waals surface area contributed by atoms with E-state index in [4.69, 9.17) is 14.2 Å². The molecule has 4 fully saturated rings. The standard InChI is InChI=1S/C34H36F3NO6/c1-42-12-13-44-33-17-22-14-23(18-33)16-32(15-22,20-33)29(31(40)41)38-30(39)27-11-8-24-4-2-3-5-26(24)28(27)43-19-21-6-9-25(10-7-21)34(35,36)37/h2-11,22-23,29H,12-20H2,1H3,(H,38,39)(H,40,41). The Morgan fingerprint density at radius 3 is 2.34 bits per heavy atom. The highest BCUT2D eigenvalue weighted by Gasteiger charge is 2.62. The van der Waals surface area contributed by atoms with Crippen molar-refractivity contribution in [3.05, 3.63) is 77.4 Å². The second-order valence-corrected chi connectivity index (χ2v) is 12.7.